The van der Waals surface area contributed by atoms with Gasteiger partial charge in [-0.1, -0.05) is 55.8 Å². The Balaban J connectivity index is 0.00000102. The minimum atomic E-state index is -0.348. The van der Waals surface area contributed by atoms with E-state index in [0.29, 0.717) is 11.9 Å². The molecule has 0 aliphatic carbocycles. The highest BCUT2D eigenvalue weighted by Crippen LogP contribution is 2.24. The van der Waals surface area contributed by atoms with Crippen LogP contribution in [0.3, 0.4) is 0 Å². The lowest BCUT2D eigenvalue weighted by atomic mass is 10.1. The van der Waals surface area contributed by atoms with Crippen molar-refractivity contribution in [3.8, 4) is 0 Å². The van der Waals surface area contributed by atoms with Crippen molar-refractivity contribution in [2.24, 2.45) is 0 Å². The van der Waals surface area contributed by atoms with Gasteiger partial charge in [0.05, 0.1) is 5.52 Å². The van der Waals surface area contributed by atoms with Gasteiger partial charge in [-0.05, 0) is 31.0 Å². The molecule has 0 saturated heterocycles. The Kier molecular flexibility index (Phi) is 5.26. The van der Waals surface area contributed by atoms with E-state index in [2.05, 4.69) is 5.32 Å². The molecule has 2 aromatic heterocycles. The predicted octanol–water partition coefficient (Wildman–Crippen LogP) is 4.46. The van der Waals surface area contributed by atoms with Crippen molar-refractivity contribution in [1.82, 2.24) is 9.72 Å². The number of rotatable bonds is 3. The summed E-state index contributed by atoms with van der Waals surface area (Å²) in [6.45, 7) is 8.42. The number of benzene rings is 2. The number of pyridine rings is 1. The van der Waals surface area contributed by atoms with Crippen LogP contribution in [-0.4, -0.2) is 10.3 Å². The summed E-state index contributed by atoms with van der Waals surface area (Å²) in [4.78, 5) is 25.3. The second-order valence-corrected chi connectivity index (χ2v) is 6.46. The summed E-state index contributed by atoms with van der Waals surface area (Å²) >= 11 is 0. The fraction of sp³-hybridized carbons (Fsp3) is 0.217. The standard InChI is InChI=1S/C21H18N2O2.C2H6/c1-13-6-8-15(9-7-13)10-22-21(25)18-12-23-11-14(2)16-4-3-5-17(19(16)23)20(18)24;1-2/h3-9,11-12H,10H2,1-2H3,(H,22,25);1-2H3. The third-order valence-corrected chi connectivity index (χ3v) is 4.63. The molecule has 0 aliphatic heterocycles. The van der Waals surface area contributed by atoms with Crippen molar-refractivity contribution >= 4 is 22.2 Å². The van der Waals surface area contributed by atoms with E-state index in [4.69, 9.17) is 0 Å². The van der Waals surface area contributed by atoms with Crippen molar-refractivity contribution in [3.63, 3.8) is 0 Å². The number of hydrogen-bond acceptors (Lipinski definition) is 2. The normalized spacial score (nSPS) is 10.7. The number of aryl methyl sites for hydroxylation is 2. The Bertz CT molecular complexity index is 1140. The number of aromatic nitrogens is 1. The van der Waals surface area contributed by atoms with E-state index in [1.165, 1.54) is 5.56 Å². The average molecular weight is 360 g/mol. The van der Waals surface area contributed by atoms with Crippen molar-refractivity contribution in [1.29, 1.82) is 0 Å². The van der Waals surface area contributed by atoms with E-state index in [1.807, 2.05) is 74.7 Å². The molecule has 0 unspecified atom stereocenters. The number of para-hydroxylation sites is 1. The second-order valence-electron chi connectivity index (χ2n) is 6.46. The lowest BCUT2D eigenvalue weighted by Crippen LogP contribution is -2.28. The minimum absolute atomic E-state index is 0.169. The lowest BCUT2D eigenvalue weighted by molar-refractivity contribution is 0.0949. The van der Waals surface area contributed by atoms with Gasteiger partial charge in [-0.15, -0.1) is 0 Å². The quantitative estimate of drug-likeness (QED) is 0.586. The van der Waals surface area contributed by atoms with Crippen LogP contribution in [0.5, 0.6) is 0 Å². The van der Waals surface area contributed by atoms with Crippen LogP contribution < -0.4 is 10.7 Å². The second kappa shape index (κ2) is 7.62. The van der Waals surface area contributed by atoms with Gasteiger partial charge in [-0.25, -0.2) is 0 Å². The first-order valence-electron chi connectivity index (χ1n) is 9.25. The molecule has 27 heavy (non-hydrogen) atoms. The SMILES string of the molecule is CC.Cc1ccc(CNC(=O)c2cn3cc(C)c4cccc(c2=O)c43)cc1. The molecule has 1 N–H and O–H groups in total. The van der Waals surface area contributed by atoms with Crippen molar-refractivity contribution in [3.05, 3.63) is 87.3 Å². The molecule has 4 aromatic rings. The first-order chi connectivity index (χ1) is 13.0. The van der Waals surface area contributed by atoms with Gasteiger partial charge in [-0.2, -0.15) is 0 Å². The van der Waals surface area contributed by atoms with Gasteiger partial charge in [0.2, 0.25) is 5.43 Å². The highest BCUT2D eigenvalue weighted by molar-refractivity contribution is 6.02. The van der Waals surface area contributed by atoms with Crippen molar-refractivity contribution in [2.75, 3.05) is 0 Å². The first-order valence-corrected chi connectivity index (χ1v) is 9.25. The van der Waals surface area contributed by atoms with E-state index in [0.717, 1.165) is 22.0 Å². The smallest absolute Gasteiger partial charge is 0.257 e. The summed E-state index contributed by atoms with van der Waals surface area (Å²) in [5, 5.41) is 4.47. The van der Waals surface area contributed by atoms with Gasteiger partial charge in [0, 0.05) is 29.7 Å². The maximum Gasteiger partial charge on any atom is 0.257 e. The Labute approximate surface area is 158 Å². The molecule has 0 spiro atoms. The molecule has 0 atom stereocenters. The molecule has 0 radical (unpaired) electrons. The Morgan fingerprint density at radius 2 is 1.63 bits per heavy atom. The molecule has 0 saturated carbocycles. The molecule has 2 aromatic carbocycles. The van der Waals surface area contributed by atoms with Crippen LogP contribution in [0.1, 0.15) is 40.9 Å². The van der Waals surface area contributed by atoms with E-state index >= 15 is 0 Å². The molecule has 0 fully saturated rings. The maximum atomic E-state index is 12.8. The fourth-order valence-corrected chi connectivity index (χ4v) is 3.26. The van der Waals surface area contributed by atoms with Gasteiger partial charge in [0.1, 0.15) is 5.56 Å². The zero-order valence-electron chi connectivity index (χ0n) is 16.2. The van der Waals surface area contributed by atoms with E-state index in [1.54, 1.807) is 12.3 Å². The number of carbonyl (C=O) groups is 1. The number of amides is 1. The zero-order valence-corrected chi connectivity index (χ0v) is 16.2. The Morgan fingerprint density at radius 3 is 2.33 bits per heavy atom. The van der Waals surface area contributed by atoms with Gasteiger partial charge in [0.25, 0.3) is 5.91 Å². The van der Waals surface area contributed by atoms with Gasteiger partial charge >= 0.3 is 0 Å². The van der Waals surface area contributed by atoms with Gasteiger partial charge in [-0.3, -0.25) is 9.59 Å². The lowest BCUT2D eigenvalue weighted by Gasteiger charge is -2.07. The third kappa shape index (κ3) is 3.43. The molecular formula is C23H24N2O2. The summed E-state index contributed by atoms with van der Waals surface area (Å²) in [5.74, 6) is -0.348. The van der Waals surface area contributed by atoms with Gasteiger partial charge in [0.15, 0.2) is 0 Å². The molecule has 4 heteroatoms. The largest absolute Gasteiger partial charge is 0.348 e. The van der Waals surface area contributed by atoms with E-state index in [-0.39, 0.29) is 16.9 Å². The summed E-state index contributed by atoms with van der Waals surface area (Å²) in [5.41, 5.74) is 4.08. The summed E-state index contributed by atoms with van der Waals surface area (Å²) in [7, 11) is 0. The van der Waals surface area contributed by atoms with E-state index in [9.17, 15) is 9.59 Å². The molecular weight excluding hydrogens is 336 g/mol. The maximum absolute atomic E-state index is 12.8. The first kappa shape index (κ1) is 18.6. The average Bonchev–Trinajstić information content (AvgIpc) is 3.02. The van der Waals surface area contributed by atoms with Crippen LogP contribution in [0.15, 0.2) is 59.7 Å². The van der Waals surface area contributed by atoms with Crippen molar-refractivity contribution in [2.45, 2.75) is 34.2 Å². The highest BCUT2D eigenvalue weighted by atomic mass is 16.2. The fourth-order valence-electron chi connectivity index (χ4n) is 3.26. The van der Waals surface area contributed by atoms with Crippen LogP contribution in [0.25, 0.3) is 16.3 Å². The van der Waals surface area contributed by atoms with Crippen LogP contribution >= 0.6 is 0 Å². The Morgan fingerprint density at radius 1 is 0.963 bits per heavy atom. The molecule has 4 rings (SSSR count). The van der Waals surface area contributed by atoms with Crippen LogP contribution in [-0.2, 0) is 6.54 Å². The molecule has 138 valence electrons. The van der Waals surface area contributed by atoms with Crippen molar-refractivity contribution < 1.29 is 4.79 Å². The number of hydrogen-bond donors (Lipinski definition) is 1. The summed E-state index contributed by atoms with van der Waals surface area (Å²) in [6.07, 6.45) is 3.59. The predicted molar refractivity (Wildman–Crippen MR) is 111 cm³/mol. The van der Waals surface area contributed by atoms with Crippen LogP contribution in [0, 0.1) is 13.8 Å². The number of nitrogens with one attached hydrogen (secondary N) is 1. The summed E-state index contributed by atoms with van der Waals surface area (Å²) < 4.78 is 1.88. The zero-order chi connectivity index (χ0) is 19.6. The molecule has 2 heterocycles. The van der Waals surface area contributed by atoms with Crippen LogP contribution in [0.2, 0.25) is 0 Å². The molecule has 4 nitrogen and oxygen atoms in total. The van der Waals surface area contributed by atoms with Crippen LogP contribution in [0.4, 0.5) is 0 Å². The monoisotopic (exact) mass is 360 g/mol. The topological polar surface area (TPSA) is 50.6 Å². The number of nitrogens with zero attached hydrogens (tertiary/aromatic N) is 1. The number of carbonyl (C=O) groups excluding carboxylic acids is 1. The molecule has 0 bridgehead atoms. The Hall–Kier alpha value is -3.14. The minimum Gasteiger partial charge on any atom is -0.348 e. The van der Waals surface area contributed by atoms with Gasteiger partial charge < -0.3 is 9.72 Å². The van der Waals surface area contributed by atoms with E-state index < -0.39 is 0 Å². The molecule has 1 amide bonds. The highest BCUT2D eigenvalue weighted by Gasteiger charge is 2.17. The third-order valence-electron chi connectivity index (χ3n) is 4.63. The summed E-state index contributed by atoms with van der Waals surface area (Å²) in [6, 6.07) is 13.6. The molecule has 0 aliphatic rings.